The second kappa shape index (κ2) is 15.8. The maximum absolute atomic E-state index is 12.7. The molecule has 0 radical (unpaired) electrons. The number of aliphatic hydroxyl groups excluding tert-OH is 1. The van der Waals surface area contributed by atoms with Gasteiger partial charge in [-0.3, -0.25) is 0 Å². The Hall–Kier alpha value is -2.33. The van der Waals surface area contributed by atoms with Crippen LogP contribution < -0.4 is 9.92 Å². The van der Waals surface area contributed by atoms with Crippen LogP contribution in [0.25, 0.3) is 0 Å². The zero-order valence-electron chi connectivity index (χ0n) is 25.9. The quantitative estimate of drug-likeness (QED) is 0.138. The average molecular weight is 669 g/mol. The molecular weight excluding hydrogens is 626 g/mol. The van der Waals surface area contributed by atoms with Crippen molar-refractivity contribution >= 4 is 36.7 Å². The third kappa shape index (κ3) is 10.6. The fourth-order valence-corrected chi connectivity index (χ4v) is 9.75. The van der Waals surface area contributed by atoms with Crippen LogP contribution in [0.5, 0.6) is 5.75 Å². The van der Waals surface area contributed by atoms with Gasteiger partial charge in [0.1, 0.15) is 12.4 Å². The van der Waals surface area contributed by atoms with Crippen LogP contribution in [0.4, 0.5) is 13.2 Å². The van der Waals surface area contributed by atoms with E-state index < -0.39 is 14.5 Å². The van der Waals surface area contributed by atoms with Crippen LogP contribution >= 0.6 is 23.2 Å². The van der Waals surface area contributed by atoms with Gasteiger partial charge < -0.3 is 19.2 Å². The Kier molecular flexibility index (Phi) is 13.0. The van der Waals surface area contributed by atoms with Gasteiger partial charge in [-0.1, -0.05) is 86.4 Å². The van der Waals surface area contributed by atoms with Crippen LogP contribution in [0.3, 0.4) is 0 Å². The molecule has 4 nitrogen and oxygen atoms in total. The van der Waals surface area contributed by atoms with E-state index in [0.717, 1.165) is 28.9 Å². The Bertz CT molecular complexity index is 1280. The van der Waals surface area contributed by atoms with Crippen LogP contribution in [-0.2, 0) is 4.43 Å². The Labute approximate surface area is 270 Å². The average Bonchev–Trinajstić information content (AvgIpc) is 2.95. The third-order valence-corrected chi connectivity index (χ3v) is 13.0. The molecule has 240 valence electrons. The first kappa shape index (κ1) is 36.1. The first-order valence-electron chi connectivity index (χ1n) is 14.5. The minimum absolute atomic E-state index is 0.115. The highest BCUT2D eigenvalue weighted by Crippen LogP contribution is 2.39. The number of halogens is 5. The Morgan fingerprint density at radius 1 is 0.886 bits per heavy atom. The second-order valence-corrected chi connectivity index (χ2v) is 16.9. The second-order valence-electron chi connectivity index (χ2n) is 12.3. The van der Waals surface area contributed by atoms with Crippen molar-refractivity contribution in [2.24, 2.45) is 5.41 Å². The first-order chi connectivity index (χ1) is 20.6. The predicted molar refractivity (Wildman–Crippen MR) is 177 cm³/mol. The van der Waals surface area contributed by atoms with E-state index in [4.69, 9.17) is 32.4 Å². The van der Waals surface area contributed by atoms with Gasteiger partial charge in [0.05, 0.1) is 6.61 Å². The summed E-state index contributed by atoms with van der Waals surface area (Å²) in [5.74, 6) is 0.795. The molecule has 1 N–H and O–H groups in total. The standard InChI is InChI=1S/C34H42Cl2F3NO3Si/c1-33(2,3)32(24-41)44(5,43-21-6-19-34(37,38)39)30-17-15-29(16-18-30)42-22-20-40(4)23-31(25-7-11-27(35)12-8-25)26-9-13-28(36)14-10-26/h6-19,31-32,41H,20-24H2,1-5H3/b19-6+. The van der Waals surface area contributed by atoms with Gasteiger partial charge >= 0.3 is 6.18 Å². The molecule has 0 fully saturated rings. The van der Waals surface area contributed by atoms with E-state index in [9.17, 15) is 18.3 Å². The molecular formula is C34H42Cl2F3NO3Si. The molecule has 0 aromatic heterocycles. The summed E-state index contributed by atoms with van der Waals surface area (Å²) in [6, 6.07) is 23.3. The number of rotatable bonds is 14. The van der Waals surface area contributed by atoms with Gasteiger partial charge in [-0.05, 0) is 71.7 Å². The molecule has 0 heterocycles. The van der Waals surface area contributed by atoms with Crippen molar-refractivity contribution in [3.8, 4) is 5.75 Å². The lowest BCUT2D eigenvalue weighted by molar-refractivity contribution is -0.0802. The zero-order chi connectivity index (χ0) is 32.5. The van der Waals surface area contributed by atoms with Crippen LogP contribution in [0, 0.1) is 5.41 Å². The maximum Gasteiger partial charge on any atom is 0.409 e. The van der Waals surface area contributed by atoms with Crippen molar-refractivity contribution < 1.29 is 27.4 Å². The summed E-state index contributed by atoms with van der Waals surface area (Å²) in [5.41, 5.74) is 1.74. The van der Waals surface area contributed by atoms with E-state index in [1.165, 1.54) is 0 Å². The molecule has 0 saturated carbocycles. The molecule has 0 saturated heterocycles. The SMILES string of the molecule is CN(CCOc1ccc([Si](C)(OC/C=C/C(F)(F)F)C(CO)C(C)(C)C)cc1)CC(c1ccc(Cl)cc1)c1ccc(Cl)cc1. The number of benzene rings is 3. The van der Waals surface area contributed by atoms with Crippen LogP contribution in [0.1, 0.15) is 37.8 Å². The molecule has 3 aromatic rings. The number of likely N-dealkylation sites (N-methyl/N-ethyl adjacent to an activating group) is 1. The summed E-state index contributed by atoms with van der Waals surface area (Å²) in [7, 11) is -0.848. The van der Waals surface area contributed by atoms with Crippen molar-refractivity contribution in [2.45, 2.75) is 45.0 Å². The number of nitrogens with zero attached hydrogens (tertiary/aromatic N) is 1. The summed E-state index contributed by atoms with van der Waals surface area (Å²) in [6.45, 7) is 9.54. The zero-order valence-corrected chi connectivity index (χ0v) is 28.4. The van der Waals surface area contributed by atoms with Crippen molar-refractivity contribution in [3.05, 3.63) is 106 Å². The maximum atomic E-state index is 12.7. The number of alkyl halides is 3. The van der Waals surface area contributed by atoms with Crippen LogP contribution in [0.15, 0.2) is 84.9 Å². The minimum atomic E-state index is -4.40. The largest absolute Gasteiger partial charge is 0.492 e. The lowest BCUT2D eigenvalue weighted by Crippen LogP contribution is -2.56. The third-order valence-electron chi connectivity index (χ3n) is 7.89. The number of hydrogen-bond acceptors (Lipinski definition) is 4. The van der Waals surface area contributed by atoms with Crippen LogP contribution in [0.2, 0.25) is 22.1 Å². The van der Waals surface area contributed by atoms with E-state index in [1.54, 1.807) is 0 Å². The minimum Gasteiger partial charge on any atom is -0.492 e. The number of ether oxygens (including phenoxy) is 1. The number of hydrogen-bond donors (Lipinski definition) is 1. The summed E-state index contributed by atoms with van der Waals surface area (Å²) in [5, 5.41) is 12.6. The van der Waals surface area contributed by atoms with E-state index in [0.29, 0.717) is 28.9 Å². The molecule has 3 rings (SSSR count). The lowest BCUT2D eigenvalue weighted by atomic mass is 9.91. The summed E-state index contributed by atoms with van der Waals surface area (Å²) in [6.07, 6.45) is -3.23. The summed E-state index contributed by atoms with van der Waals surface area (Å²) >= 11 is 12.3. The number of allylic oxidation sites excluding steroid dienone is 1. The fraction of sp³-hybridized carbons (Fsp3) is 0.412. The molecule has 2 unspecified atom stereocenters. The molecule has 44 heavy (non-hydrogen) atoms. The molecule has 10 heteroatoms. The van der Waals surface area contributed by atoms with Crippen molar-refractivity contribution in [3.63, 3.8) is 0 Å². The monoisotopic (exact) mass is 667 g/mol. The smallest absolute Gasteiger partial charge is 0.409 e. The Morgan fingerprint density at radius 3 is 1.86 bits per heavy atom. The van der Waals surface area contributed by atoms with E-state index in [1.807, 2.05) is 100 Å². The predicted octanol–water partition coefficient (Wildman–Crippen LogP) is 8.46. The van der Waals surface area contributed by atoms with E-state index >= 15 is 0 Å². The van der Waals surface area contributed by atoms with Gasteiger partial charge in [-0.25, -0.2) is 0 Å². The summed E-state index contributed by atoms with van der Waals surface area (Å²) in [4.78, 5) is 2.21. The van der Waals surface area contributed by atoms with Gasteiger partial charge in [-0.2, -0.15) is 13.2 Å². The van der Waals surface area contributed by atoms with Gasteiger partial charge in [0, 0.05) is 47.3 Å². The van der Waals surface area contributed by atoms with Crippen LogP contribution in [-0.4, -0.2) is 64.5 Å². The molecule has 0 aliphatic heterocycles. The molecule has 0 bridgehead atoms. The first-order valence-corrected chi connectivity index (χ1v) is 17.8. The highest BCUT2D eigenvalue weighted by atomic mass is 35.5. The molecule has 0 amide bonds. The Balaban J connectivity index is 1.68. The van der Waals surface area contributed by atoms with Gasteiger partial charge in [0.2, 0.25) is 8.32 Å². The normalized spacial score (nSPS) is 14.8. The van der Waals surface area contributed by atoms with Crippen molar-refractivity contribution in [2.75, 3.05) is 40.0 Å². The molecule has 3 aromatic carbocycles. The topological polar surface area (TPSA) is 41.9 Å². The van der Waals surface area contributed by atoms with E-state index in [2.05, 4.69) is 11.9 Å². The van der Waals surface area contributed by atoms with Gasteiger partial charge in [-0.15, -0.1) is 0 Å². The Morgan fingerprint density at radius 2 is 1.41 bits per heavy atom. The molecule has 0 spiro atoms. The molecule has 2 atom stereocenters. The highest BCUT2D eigenvalue weighted by Gasteiger charge is 2.46. The highest BCUT2D eigenvalue weighted by molar-refractivity contribution is 6.87. The molecule has 0 aliphatic carbocycles. The molecule has 0 aliphatic rings. The number of aliphatic hydroxyl groups is 1. The van der Waals surface area contributed by atoms with Gasteiger partial charge in [0.15, 0.2) is 0 Å². The van der Waals surface area contributed by atoms with Gasteiger partial charge in [0.25, 0.3) is 0 Å². The van der Waals surface area contributed by atoms with Crippen molar-refractivity contribution in [1.82, 2.24) is 4.90 Å². The fourth-order valence-electron chi connectivity index (χ4n) is 5.46. The van der Waals surface area contributed by atoms with Crippen molar-refractivity contribution in [1.29, 1.82) is 0 Å². The summed E-state index contributed by atoms with van der Waals surface area (Å²) < 4.78 is 50.2. The lowest BCUT2D eigenvalue weighted by Gasteiger charge is -2.42. The van der Waals surface area contributed by atoms with E-state index in [-0.39, 0.29) is 36.2 Å².